The van der Waals surface area contributed by atoms with Crippen LogP contribution in [0.4, 0.5) is 5.69 Å². The maximum Gasteiger partial charge on any atom is 0.269 e. The van der Waals surface area contributed by atoms with Crippen LogP contribution in [0, 0.1) is 0 Å². The fraction of sp³-hybridized carbons (Fsp3) is 0.432. The molecule has 2 amide bonds. The van der Waals surface area contributed by atoms with Gasteiger partial charge in [0.1, 0.15) is 11.4 Å². The Kier molecular flexibility index (Phi) is 18.1. The van der Waals surface area contributed by atoms with E-state index in [0.717, 1.165) is 69.4 Å². The maximum absolute atomic E-state index is 11.9. The molecule has 0 spiro atoms. The van der Waals surface area contributed by atoms with Crippen molar-refractivity contribution in [1.82, 2.24) is 25.6 Å². The summed E-state index contributed by atoms with van der Waals surface area (Å²) in [6.07, 6.45) is 19.1. The second-order valence-electron chi connectivity index (χ2n) is 11.3. The van der Waals surface area contributed by atoms with Crippen molar-refractivity contribution < 1.29 is 9.59 Å². The number of unbranched alkanes of at least 4 members (excludes halogenated alkanes) is 10. The predicted molar refractivity (Wildman–Crippen MR) is 188 cm³/mol. The second kappa shape index (κ2) is 23.0. The number of nitrogens with two attached hydrogens (primary N) is 1. The highest BCUT2D eigenvalue weighted by Gasteiger charge is 2.05. The van der Waals surface area contributed by atoms with E-state index >= 15 is 0 Å². The Morgan fingerprint density at radius 3 is 1.57 bits per heavy atom. The summed E-state index contributed by atoms with van der Waals surface area (Å²) in [5.41, 5.74) is 8.59. The predicted octanol–water partition coefficient (Wildman–Crippen LogP) is 6.92. The van der Waals surface area contributed by atoms with Gasteiger partial charge in [-0.2, -0.15) is 0 Å². The average Bonchev–Trinajstić information content (AvgIpc) is 3.11. The van der Waals surface area contributed by atoms with Crippen LogP contribution in [0.3, 0.4) is 0 Å². The smallest absolute Gasteiger partial charge is 0.269 e. The molecule has 9 heteroatoms. The molecule has 246 valence electrons. The molecule has 46 heavy (non-hydrogen) atoms. The number of carbonyl (C=O) groups excluding carboxylic acids is 2. The van der Waals surface area contributed by atoms with Crippen LogP contribution in [0.15, 0.2) is 85.3 Å². The van der Waals surface area contributed by atoms with Crippen LogP contribution in [0.1, 0.15) is 98.0 Å². The number of benzene rings is 1. The third-order valence-electron chi connectivity index (χ3n) is 7.57. The minimum atomic E-state index is -0.0877. The third-order valence-corrected chi connectivity index (χ3v) is 7.57. The normalized spacial score (nSPS) is 10.5. The number of hydrogen-bond donors (Lipinski definition) is 4. The molecule has 0 saturated heterocycles. The van der Waals surface area contributed by atoms with E-state index in [0.29, 0.717) is 17.9 Å². The molecular weight excluding hydrogens is 574 g/mol. The number of nitrogens with one attached hydrogen (secondary N) is 3. The zero-order valence-corrected chi connectivity index (χ0v) is 27.1. The highest BCUT2D eigenvalue weighted by atomic mass is 16.2. The van der Waals surface area contributed by atoms with Gasteiger partial charge in [0.15, 0.2) is 0 Å². The molecule has 0 unspecified atom stereocenters. The van der Waals surface area contributed by atoms with Gasteiger partial charge in [0.25, 0.3) is 11.8 Å². The van der Waals surface area contributed by atoms with Gasteiger partial charge >= 0.3 is 0 Å². The first-order chi connectivity index (χ1) is 22.7. The van der Waals surface area contributed by atoms with Gasteiger partial charge in [0.05, 0.1) is 5.52 Å². The Hall–Kier alpha value is -4.37. The van der Waals surface area contributed by atoms with Crippen molar-refractivity contribution >= 4 is 28.4 Å². The van der Waals surface area contributed by atoms with Gasteiger partial charge < -0.3 is 21.7 Å². The van der Waals surface area contributed by atoms with E-state index in [1.165, 1.54) is 43.9 Å². The van der Waals surface area contributed by atoms with E-state index in [2.05, 4.69) is 37.0 Å². The standard InChI is InChI=1S/C23H28N4O.C14H23N3O/c28-23(22-13-7-10-16-25-22)27-17-9-4-2-1-3-8-15-24-21-14-18-26-20-12-6-5-11-19(20)21;15-10-6-3-1-2-4-7-12-17-14(18)13-9-5-8-11-16-13/h5-7,10-14,16,18H,1-4,8-9,15,17H2,(H,24,26)(H,27,28);5,8-9,11H,1-4,6-7,10,12,15H2,(H,17,18). The molecule has 0 bridgehead atoms. The first-order valence-electron chi connectivity index (χ1n) is 16.8. The van der Waals surface area contributed by atoms with Crippen LogP contribution >= 0.6 is 0 Å². The Bertz CT molecular complexity index is 1380. The lowest BCUT2D eigenvalue weighted by molar-refractivity contribution is 0.0940. The van der Waals surface area contributed by atoms with Gasteiger partial charge in [-0.1, -0.05) is 81.7 Å². The molecule has 1 aromatic carbocycles. The lowest BCUT2D eigenvalue weighted by Crippen LogP contribution is -2.25. The van der Waals surface area contributed by atoms with Gasteiger partial charge in [0.2, 0.25) is 0 Å². The van der Waals surface area contributed by atoms with Crippen LogP contribution in [0.25, 0.3) is 10.9 Å². The van der Waals surface area contributed by atoms with Gasteiger partial charge in [-0.15, -0.1) is 0 Å². The summed E-state index contributed by atoms with van der Waals surface area (Å²) >= 11 is 0. The van der Waals surface area contributed by atoms with Crippen molar-refractivity contribution in [2.24, 2.45) is 5.73 Å². The molecule has 0 aliphatic rings. The molecule has 0 aliphatic carbocycles. The van der Waals surface area contributed by atoms with Crippen molar-refractivity contribution in [3.63, 3.8) is 0 Å². The average molecular weight is 626 g/mol. The molecule has 0 fully saturated rings. The number of carbonyl (C=O) groups is 2. The summed E-state index contributed by atoms with van der Waals surface area (Å²) in [4.78, 5) is 35.9. The highest BCUT2D eigenvalue weighted by molar-refractivity contribution is 5.92. The molecule has 0 atom stereocenters. The Labute approximate surface area is 274 Å². The number of hydrogen-bond acceptors (Lipinski definition) is 7. The lowest BCUT2D eigenvalue weighted by Gasteiger charge is -2.09. The summed E-state index contributed by atoms with van der Waals surface area (Å²) in [6.45, 7) is 3.21. The van der Waals surface area contributed by atoms with Crippen LogP contribution in [0.2, 0.25) is 0 Å². The van der Waals surface area contributed by atoms with E-state index in [1.54, 1.807) is 30.6 Å². The first-order valence-corrected chi connectivity index (χ1v) is 16.8. The van der Waals surface area contributed by atoms with E-state index in [9.17, 15) is 9.59 Å². The topological polar surface area (TPSA) is 135 Å². The van der Waals surface area contributed by atoms with E-state index in [4.69, 9.17) is 5.73 Å². The number of pyridine rings is 3. The molecule has 4 aromatic rings. The van der Waals surface area contributed by atoms with Gasteiger partial charge in [-0.3, -0.25) is 24.5 Å². The summed E-state index contributed by atoms with van der Waals surface area (Å²) < 4.78 is 0. The lowest BCUT2D eigenvalue weighted by atomic mass is 10.1. The molecule has 4 rings (SSSR count). The number of para-hydroxylation sites is 1. The molecule has 3 aromatic heterocycles. The van der Waals surface area contributed by atoms with Gasteiger partial charge in [-0.25, -0.2) is 0 Å². The van der Waals surface area contributed by atoms with Crippen molar-refractivity contribution in [2.45, 2.75) is 77.0 Å². The number of anilines is 1. The maximum atomic E-state index is 11.9. The van der Waals surface area contributed by atoms with Crippen molar-refractivity contribution in [1.29, 1.82) is 0 Å². The summed E-state index contributed by atoms with van der Waals surface area (Å²) in [7, 11) is 0. The monoisotopic (exact) mass is 625 g/mol. The molecule has 0 aliphatic heterocycles. The number of rotatable bonds is 20. The zero-order chi connectivity index (χ0) is 32.5. The Balaban J connectivity index is 0.000000277. The minimum Gasteiger partial charge on any atom is -0.384 e. The first kappa shape index (κ1) is 36.1. The fourth-order valence-corrected chi connectivity index (χ4v) is 4.99. The zero-order valence-electron chi connectivity index (χ0n) is 27.1. The Morgan fingerprint density at radius 2 is 1.02 bits per heavy atom. The summed E-state index contributed by atoms with van der Waals surface area (Å²) in [6, 6.07) is 21.0. The molecule has 0 saturated carbocycles. The fourth-order valence-electron chi connectivity index (χ4n) is 4.99. The Morgan fingerprint density at radius 1 is 0.522 bits per heavy atom. The van der Waals surface area contributed by atoms with Gasteiger partial charge in [-0.05, 0) is 68.6 Å². The number of amides is 2. The SMILES string of the molecule is NCCCCCCCCNC(=O)c1ccccn1.O=C(NCCCCCCCCNc1ccnc2ccccc12)c1ccccn1. The molecule has 3 heterocycles. The van der Waals surface area contributed by atoms with E-state index < -0.39 is 0 Å². The summed E-state index contributed by atoms with van der Waals surface area (Å²) in [5.74, 6) is -0.172. The molecule has 9 nitrogen and oxygen atoms in total. The molecule has 5 N–H and O–H groups in total. The number of nitrogens with zero attached hydrogens (tertiary/aromatic N) is 3. The van der Waals surface area contributed by atoms with Crippen molar-refractivity contribution in [3.05, 3.63) is 96.7 Å². The molecular formula is C37H51N7O2. The number of fused-ring (bicyclic) bond motifs is 1. The quantitative estimate of drug-likeness (QED) is 0.0783. The highest BCUT2D eigenvalue weighted by Crippen LogP contribution is 2.21. The van der Waals surface area contributed by atoms with Crippen molar-refractivity contribution in [2.75, 3.05) is 31.5 Å². The summed E-state index contributed by atoms with van der Waals surface area (Å²) in [5, 5.41) is 10.5. The van der Waals surface area contributed by atoms with Crippen LogP contribution in [0.5, 0.6) is 0 Å². The van der Waals surface area contributed by atoms with Gasteiger partial charge in [0, 0.05) is 49.3 Å². The van der Waals surface area contributed by atoms with E-state index in [-0.39, 0.29) is 11.8 Å². The van der Waals surface area contributed by atoms with Crippen LogP contribution in [-0.4, -0.2) is 52.9 Å². The van der Waals surface area contributed by atoms with Crippen LogP contribution < -0.4 is 21.7 Å². The third kappa shape index (κ3) is 14.6. The van der Waals surface area contributed by atoms with Crippen molar-refractivity contribution in [3.8, 4) is 0 Å². The minimum absolute atomic E-state index is 0.0845. The van der Waals surface area contributed by atoms with E-state index in [1.807, 2.05) is 48.7 Å². The molecule has 0 radical (unpaired) electrons. The van der Waals surface area contributed by atoms with Crippen LogP contribution in [-0.2, 0) is 0 Å². The second-order valence-corrected chi connectivity index (χ2v) is 11.3. The number of aromatic nitrogens is 3. The largest absolute Gasteiger partial charge is 0.384 e.